The molecule has 1 amide bonds. The average molecular weight is 366 g/mol. The maximum Gasteiger partial charge on any atom is 0.259 e. The Morgan fingerprint density at radius 2 is 2.04 bits per heavy atom. The summed E-state index contributed by atoms with van der Waals surface area (Å²) < 4.78 is 7.00. The number of rotatable bonds is 4. The number of hydrogen-bond acceptors (Lipinski definition) is 5. The van der Waals surface area contributed by atoms with Crippen LogP contribution in [0.1, 0.15) is 44.9 Å². The lowest BCUT2D eigenvalue weighted by Gasteiger charge is -2.27. The van der Waals surface area contributed by atoms with E-state index in [1.165, 1.54) is 0 Å². The molecule has 2 aromatic heterocycles. The second-order valence-corrected chi connectivity index (χ2v) is 6.92. The Labute approximate surface area is 157 Å². The van der Waals surface area contributed by atoms with E-state index >= 15 is 0 Å². The van der Waals surface area contributed by atoms with Crippen molar-refractivity contribution < 1.29 is 14.4 Å². The van der Waals surface area contributed by atoms with Crippen LogP contribution in [0.25, 0.3) is 0 Å². The quantitative estimate of drug-likeness (QED) is 0.767. The number of carbonyl (C=O) groups is 1. The van der Waals surface area contributed by atoms with Gasteiger partial charge in [0.15, 0.2) is 0 Å². The molecular formula is C20H22N4O3. The van der Waals surface area contributed by atoms with E-state index in [4.69, 9.17) is 4.52 Å². The van der Waals surface area contributed by atoms with Crippen molar-refractivity contribution in [2.45, 2.75) is 39.5 Å². The van der Waals surface area contributed by atoms with Crippen LogP contribution in [0.5, 0.6) is 0 Å². The highest BCUT2D eigenvalue weighted by molar-refractivity contribution is 5.96. The number of aromatic nitrogens is 3. The van der Waals surface area contributed by atoms with Gasteiger partial charge in [-0.1, -0.05) is 35.5 Å². The molecule has 1 aromatic carbocycles. The van der Waals surface area contributed by atoms with Gasteiger partial charge in [0.05, 0.1) is 30.2 Å². The summed E-state index contributed by atoms with van der Waals surface area (Å²) >= 11 is 0. The van der Waals surface area contributed by atoms with Crippen molar-refractivity contribution in [2.24, 2.45) is 0 Å². The maximum absolute atomic E-state index is 12.8. The fraction of sp³-hybridized carbons (Fsp3) is 0.350. The van der Waals surface area contributed by atoms with Crippen LogP contribution in [0.15, 0.2) is 40.9 Å². The third-order valence-corrected chi connectivity index (χ3v) is 4.96. The van der Waals surface area contributed by atoms with Gasteiger partial charge in [0.2, 0.25) is 0 Å². The van der Waals surface area contributed by atoms with Gasteiger partial charge in [-0.2, -0.15) is 5.10 Å². The molecule has 3 aromatic rings. The average Bonchev–Trinajstić information content (AvgIpc) is 3.24. The molecule has 4 rings (SSSR count). The lowest BCUT2D eigenvalue weighted by atomic mass is 10.1. The summed E-state index contributed by atoms with van der Waals surface area (Å²) in [5, 5.41) is 19.0. The molecule has 0 fully saturated rings. The lowest BCUT2D eigenvalue weighted by molar-refractivity contribution is 0.0703. The van der Waals surface area contributed by atoms with Crippen LogP contribution in [0.2, 0.25) is 0 Å². The number of aliphatic hydroxyl groups excluding tert-OH is 1. The zero-order chi connectivity index (χ0) is 19.0. The van der Waals surface area contributed by atoms with Crippen LogP contribution in [0, 0.1) is 13.8 Å². The Kier molecular flexibility index (Phi) is 4.53. The molecule has 0 aliphatic carbocycles. The van der Waals surface area contributed by atoms with Crippen LogP contribution in [0.4, 0.5) is 0 Å². The van der Waals surface area contributed by atoms with E-state index in [0.29, 0.717) is 48.8 Å². The predicted octanol–water partition coefficient (Wildman–Crippen LogP) is 2.42. The van der Waals surface area contributed by atoms with Gasteiger partial charge in [-0.25, -0.2) is 0 Å². The van der Waals surface area contributed by atoms with Gasteiger partial charge in [0, 0.05) is 13.0 Å². The fourth-order valence-electron chi connectivity index (χ4n) is 3.51. The number of carbonyl (C=O) groups excluding carboxylic acids is 1. The molecule has 1 atom stereocenters. The van der Waals surface area contributed by atoms with E-state index in [2.05, 4.69) is 10.3 Å². The minimum atomic E-state index is -0.669. The van der Waals surface area contributed by atoms with Gasteiger partial charge in [-0.05, 0) is 25.5 Å². The third-order valence-electron chi connectivity index (χ3n) is 4.96. The maximum atomic E-state index is 12.8. The number of aryl methyl sites for hydroxylation is 2. The van der Waals surface area contributed by atoms with Crippen molar-refractivity contribution in [3.8, 4) is 0 Å². The van der Waals surface area contributed by atoms with Crippen LogP contribution in [-0.4, -0.2) is 37.4 Å². The van der Waals surface area contributed by atoms with E-state index in [1.54, 1.807) is 18.7 Å². The van der Waals surface area contributed by atoms with E-state index in [0.717, 1.165) is 11.3 Å². The second-order valence-electron chi connectivity index (χ2n) is 6.92. The number of aliphatic hydroxyl groups is 1. The number of benzene rings is 1. The zero-order valence-corrected chi connectivity index (χ0v) is 15.4. The largest absolute Gasteiger partial charge is 0.386 e. The van der Waals surface area contributed by atoms with Crippen LogP contribution >= 0.6 is 0 Å². The summed E-state index contributed by atoms with van der Waals surface area (Å²) in [5.74, 6) is 0.459. The Balaban J connectivity index is 1.50. The molecule has 1 N–H and O–H groups in total. The summed E-state index contributed by atoms with van der Waals surface area (Å²) in [5.41, 5.74) is 3.76. The van der Waals surface area contributed by atoms with E-state index in [1.807, 2.05) is 41.1 Å². The number of hydrogen-bond donors (Lipinski definition) is 1. The summed E-state index contributed by atoms with van der Waals surface area (Å²) in [6.07, 6.45) is -0.156. The predicted molar refractivity (Wildman–Crippen MR) is 98.1 cm³/mol. The molecule has 0 unspecified atom stereocenters. The van der Waals surface area contributed by atoms with Gasteiger partial charge in [0.25, 0.3) is 5.91 Å². The van der Waals surface area contributed by atoms with Gasteiger partial charge in [-0.3, -0.25) is 9.48 Å². The third kappa shape index (κ3) is 3.38. The zero-order valence-electron chi connectivity index (χ0n) is 15.4. The topological polar surface area (TPSA) is 84.4 Å². The van der Waals surface area contributed by atoms with Crippen molar-refractivity contribution in [1.29, 1.82) is 0 Å². The minimum absolute atomic E-state index is 0.0786. The first-order valence-electron chi connectivity index (χ1n) is 9.03. The first-order chi connectivity index (χ1) is 13.0. The lowest BCUT2D eigenvalue weighted by Crippen LogP contribution is -2.38. The standard InChI is InChI=1S/C20H22N4O3/c1-13-19(14(2)27-22-13)20(26)23-8-9-24-16(12-23)11-17(21-24)18(25)10-15-6-4-3-5-7-15/h3-7,11,18,25H,8-10,12H2,1-2H3/t18-/m0/s1. The summed E-state index contributed by atoms with van der Waals surface area (Å²) in [6, 6.07) is 11.7. The number of amides is 1. The van der Waals surface area contributed by atoms with E-state index in [-0.39, 0.29) is 5.91 Å². The van der Waals surface area contributed by atoms with Gasteiger partial charge in [0.1, 0.15) is 17.4 Å². The van der Waals surface area contributed by atoms with Crippen molar-refractivity contribution >= 4 is 5.91 Å². The molecule has 7 heteroatoms. The Hall–Kier alpha value is -2.93. The van der Waals surface area contributed by atoms with Crippen molar-refractivity contribution in [3.63, 3.8) is 0 Å². The number of nitrogens with zero attached hydrogens (tertiary/aromatic N) is 4. The highest BCUT2D eigenvalue weighted by atomic mass is 16.5. The molecule has 27 heavy (non-hydrogen) atoms. The summed E-state index contributed by atoms with van der Waals surface area (Å²) in [7, 11) is 0. The molecule has 140 valence electrons. The summed E-state index contributed by atoms with van der Waals surface area (Å²) in [6.45, 7) is 5.14. The van der Waals surface area contributed by atoms with Crippen molar-refractivity contribution in [2.75, 3.05) is 6.54 Å². The van der Waals surface area contributed by atoms with Crippen LogP contribution < -0.4 is 0 Å². The fourth-order valence-corrected chi connectivity index (χ4v) is 3.51. The molecule has 0 saturated carbocycles. The first-order valence-corrected chi connectivity index (χ1v) is 9.03. The molecule has 0 radical (unpaired) electrons. The number of fused-ring (bicyclic) bond motifs is 1. The van der Waals surface area contributed by atoms with E-state index < -0.39 is 6.10 Å². The Morgan fingerprint density at radius 3 is 2.74 bits per heavy atom. The molecular weight excluding hydrogens is 344 g/mol. The highest BCUT2D eigenvalue weighted by Crippen LogP contribution is 2.23. The van der Waals surface area contributed by atoms with Gasteiger partial charge >= 0.3 is 0 Å². The van der Waals surface area contributed by atoms with Crippen molar-refractivity contribution in [3.05, 3.63) is 70.4 Å². The first kappa shape index (κ1) is 17.5. The SMILES string of the molecule is Cc1noc(C)c1C(=O)N1CCn2nc([C@@H](O)Cc3ccccc3)cc2C1. The molecule has 0 spiro atoms. The van der Waals surface area contributed by atoms with Crippen LogP contribution in [-0.2, 0) is 19.5 Å². The van der Waals surface area contributed by atoms with E-state index in [9.17, 15) is 9.90 Å². The molecule has 7 nitrogen and oxygen atoms in total. The molecule has 3 heterocycles. The van der Waals surface area contributed by atoms with Gasteiger partial charge in [-0.15, -0.1) is 0 Å². The highest BCUT2D eigenvalue weighted by Gasteiger charge is 2.28. The normalized spacial score (nSPS) is 14.9. The Morgan fingerprint density at radius 1 is 1.26 bits per heavy atom. The molecule has 0 saturated heterocycles. The molecule has 0 bridgehead atoms. The second kappa shape index (κ2) is 7.00. The summed E-state index contributed by atoms with van der Waals surface area (Å²) in [4.78, 5) is 14.6. The monoisotopic (exact) mass is 366 g/mol. The van der Waals surface area contributed by atoms with Crippen LogP contribution in [0.3, 0.4) is 0 Å². The molecule has 1 aliphatic heterocycles. The molecule has 1 aliphatic rings. The Bertz CT molecular complexity index is 942. The van der Waals surface area contributed by atoms with Gasteiger partial charge < -0.3 is 14.5 Å². The van der Waals surface area contributed by atoms with Crippen molar-refractivity contribution in [1.82, 2.24) is 19.8 Å². The smallest absolute Gasteiger partial charge is 0.259 e. The minimum Gasteiger partial charge on any atom is -0.386 e.